The Bertz CT molecular complexity index is 1690. The Kier molecular flexibility index (Phi) is 12.3. The maximum absolute atomic E-state index is 14.5. The molecule has 4 aromatic carbocycles. The van der Waals surface area contributed by atoms with Crippen LogP contribution in [0.15, 0.2) is 108 Å². The summed E-state index contributed by atoms with van der Waals surface area (Å²) < 4.78 is 29.1. The first-order chi connectivity index (χ1) is 21.6. The van der Waals surface area contributed by atoms with Crippen LogP contribution in [0.2, 0.25) is 15.1 Å². The normalized spacial score (nSPS) is 11.9. The molecule has 0 aliphatic rings. The zero-order valence-corrected chi connectivity index (χ0v) is 27.8. The van der Waals surface area contributed by atoms with E-state index in [2.05, 4.69) is 5.32 Å². The second-order valence-electron chi connectivity index (χ2n) is 10.4. The van der Waals surface area contributed by atoms with Gasteiger partial charge in [-0.05, 0) is 60.0 Å². The number of carbonyl (C=O) groups is 2. The minimum atomic E-state index is -4.30. The Morgan fingerprint density at radius 1 is 0.800 bits per heavy atom. The number of anilines is 1. The van der Waals surface area contributed by atoms with Crippen LogP contribution >= 0.6 is 34.8 Å². The smallest absolute Gasteiger partial charge is 0.264 e. The predicted octanol–water partition coefficient (Wildman–Crippen LogP) is 7.40. The molecule has 0 spiro atoms. The van der Waals surface area contributed by atoms with Gasteiger partial charge in [0.05, 0.1) is 15.6 Å². The lowest BCUT2D eigenvalue weighted by molar-refractivity contribution is -0.140. The van der Waals surface area contributed by atoms with Gasteiger partial charge in [-0.1, -0.05) is 109 Å². The Hall–Kier alpha value is -3.56. The number of hydrogen-bond acceptors (Lipinski definition) is 4. The van der Waals surface area contributed by atoms with Crippen LogP contribution in [0.5, 0.6) is 0 Å². The van der Waals surface area contributed by atoms with E-state index in [1.54, 1.807) is 42.5 Å². The summed E-state index contributed by atoms with van der Waals surface area (Å²) in [4.78, 5) is 29.7. The summed E-state index contributed by atoms with van der Waals surface area (Å²) >= 11 is 18.9. The molecule has 0 radical (unpaired) electrons. The second kappa shape index (κ2) is 16.1. The van der Waals surface area contributed by atoms with Crippen LogP contribution in [0.3, 0.4) is 0 Å². The van der Waals surface area contributed by atoms with Crippen molar-refractivity contribution >= 4 is 62.3 Å². The standard InChI is InChI=1S/C34H34Cl3N3O4S/c1-2-3-20-38-34(42)32(21-25-10-6-4-7-11-25)39(23-26-14-16-27(35)17-15-26)33(41)24-40(31-22-28(36)18-19-30(31)37)45(43,44)29-12-8-5-9-13-29/h4-19,22,32H,2-3,20-21,23-24H2,1H3,(H,38,42). The number of benzene rings is 4. The third kappa shape index (κ3) is 9.23. The molecular formula is C34H34Cl3N3O4S. The van der Waals surface area contributed by atoms with Gasteiger partial charge < -0.3 is 10.2 Å². The predicted molar refractivity (Wildman–Crippen MR) is 181 cm³/mol. The molecule has 0 aliphatic carbocycles. The molecule has 4 rings (SSSR count). The van der Waals surface area contributed by atoms with Crippen molar-refractivity contribution in [2.75, 3.05) is 17.4 Å². The van der Waals surface area contributed by atoms with Crippen molar-refractivity contribution in [2.45, 2.75) is 43.7 Å². The summed E-state index contributed by atoms with van der Waals surface area (Å²) in [5.41, 5.74) is 1.60. The molecule has 1 unspecified atom stereocenters. The van der Waals surface area contributed by atoms with Crippen molar-refractivity contribution in [1.82, 2.24) is 10.2 Å². The number of halogens is 3. The molecule has 0 aromatic heterocycles. The van der Waals surface area contributed by atoms with E-state index < -0.39 is 28.5 Å². The molecule has 0 aliphatic heterocycles. The summed E-state index contributed by atoms with van der Waals surface area (Å²) in [7, 11) is -4.30. The quantitative estimate of drug-likeness (QED) is 0.140. The third-order valence-electron chi connectivity index (χ3n) is 7.15. The lowest BCUT2D eigenvalue weighted by Crippen LogP contribution is -2.53. The number of nitrogens with zero attached hydrogens (tertiary/aromatic N) is 2. The Labute approximate surface area is 279 Å². The van der Waals surface area contributed by atoms with E-state index in [1.807, 2.05) is 37.3 Å². The summed E-state index contributed by atoms with van der Waals surface area (Å²) in [5, 5.41) is 3.82. The lowest BCUT2D eigenvalue weighted by atomic mass is 10.0. The molecule has 11 heteroatoms. The summed E-state index contributed by atoms with van der Waals surface area (Å²) in [6.45, 7) is 1.85. The molecule has 236 valence electrons. The van der Waals surface area contributed by atoms with Crippen LogP contribution in [0.4, 0.5) is 5.69 Å². The van der Waals surface area contributed by atoms with Crippen LogP contribution in [0.1, 0.15) is 30.9 Å². The average molecular weight is 687 g/mol. The molecule has 4 aromatic rings. The first kappa shape index (κ1) is 34.3. The topological polar surface area (TPSA) is 86.8 Å². The Morgan fingerprint density at radius 2 is 1.42 bits per heavy atom. The highest BCUT2D eigenvalue weighted by molar-refractivity contribution is 7.92. The number of nitrogens with one attached hydrogen (secondary N) is 1. The minimum Gasteiger partial charge on any atom is -0.354 e. The van der Waals surface area contributed by atoms with Crippen LogP contribution in [-0.2, 0) is 32.6 Å². The molecule has 0 heterocycles. The first-order valence-electron chi connectivity index (χ1n) is 14.5. The van der Waals surface area contributed by atoms with E-state index in [0.717, 1.165) is 22.7 Å². The summed E-state index contributed by atoms with van der Waals surface area (Å²) in [6, 6.07) is 27.5. The number of carbonyl (C=O) groups excluding carboxylic acids is 2. The summed E-state index contributed by atoms with van der Waals surface area (Å²) in [5.74, 6) is -0.944. The van der Waals surface area contributed by atoms with Gasteiger partial charge in [-0.2, -0.15) is 0 Å². The minimum absolute atomic E-state index is 0.0250. The zero-order chi connectivity index (χ0) is 32.4. The van der Waals surface area contributed by atoms with Crippen molar-refractivity contribution in [3.05, 3.63) is 129 Å². The van der Waals surface area contributed by atoms with Gasteiger partial charge in [-0.15, -0.1) is 0 Å². The zero-order valence-electron chi connectivity index (χ0n) is 24.7. The van der Waals surface area contributed by atoms with Gasteiger partial charge in [-0.3, -0.25) is 13.9 Å². The van der Waals surface area contributed by atoms with E-state index in [9.17, 15) is 18.0 Å². The lowest BCUT2D eigenvalue weighted by Gasteiger charge is -2.34. The maximum atomic E-state index is 14.5. The third-order valence-corrected chi connectivity index (χ3v) is 9.73. The van der Waals surface area contributed by atoms with Crippen LogP contribution in [0.25, 0.3) is 0 Å². The van der Waals surface area contributed by atoms with Crippen LogP contribution < -0.4 is 9.62 Å². The number of rotatable bonds is 14. The Balaban J connectivity index is 1.81. The van der Waals surface area contributed by atoms with Gasteiger partial charge >= 0.3 is 0 Å². The number of unbranched alkanes of at least 4 members (excludes halogenated alkanes) is 1. The van der Waals surface area contributed by atoms with E-state index in [1.165, 1.54) is 35.2 Å². The molecule has 1 atom stereocenters. The number of amides is 2. The van der Waals surface area contributed by atoms with Crippen LogP contribution in [0, 0.1) is 0 Å². The average Bonchev–Trinajstić information content (AvgIpc) is 3.04. The Morgan fingerprint density at radius 3 is 2.07 bits per heavy atom. The van der Waals surface area contributed by atoms with Gasteiger partial charge in [0, 0.05) is 29.6 Å². The fraction of sp³-hybridized carbons (Fsp3) is 0.235. The molecule has 0 saturated carbocycles. The molecule has 0 bridgehead atoms. The van der Waals surface area contributed by atoms with E-state index in [4.69, 9.17) is 34.8 Å². The first-order valence-corrected chi connectivity index (χ1v) is 17.1. The second-order valence-corrected chi connectivity index (χ2v) is 13.6. The van der Waals surface area contributed by atoms with E-state index in [0.29, 0.717) is 17.1 Å². The molecule has 45 heavy (non-hydrogen) atoms. The van der Waals surface area contributed by atoms with E-state index >= 15 is 0 Å². The molecular weight excluding hydrogens is 653 g/mol. The van der Waals surface area contributed by atoms with Gasteiger partial charge in [0.25, 0.3) is 10.0 Å². The van der Waals surface area contributed by atoms with Crippen molar-refractivity contribution < 1.29 is 18.0 Å². The van der Waals surface area contributed by atoms with Crippen molar-refractivity contribution in [2.24, 2.45) is 0 Å². The summed E-state index contributed by atoms with van der Waals surface area (Å²) in [6.07, 6.45) is 1.86. The van der Waals surface area contributed by atoms with Gasteiger partial charge in [-0.25, -0.2) is 8.42 Å². The molecule has 0 fully saturated rings. The number of hydrogen-bond donors (Lipinski definition) is 1. The highest BCUT2D eigenvalue weighted by Gasteiger charge is 2.35. The van der Waals surface area contributed by atoms with E-state index in [-0.39, 0.29) is 39.5 Å². The molecule has 1 N–H and O–H groups in total. The molecule has 7 nitrogen and oxygen atoms in total. The van der Waals surface area contributed by atoms with Gasteiger partial charge in [0.1, 0.15) is 12.6 Å². The van der Waals surface area contributed by atoms with Gasteiger partial charge in [0.2, 0.25) is 11.8 Å². The highest BCUT2D eigenvalue weighted by atomic mass is 35.5. The fourth-order valence-electron chi connectivity index (χ4n) is 4.76. The van der Waals surface area contributed by atoms with Crippen LogP contribution in [-0.4, -0.2) is 44.3 Å². The molecule has 2 amide bonds. The molecule has 0 saturated heterocycles. The highest BCUT2D eigenvalue weighted by Crippen LogP contribution is 2.33. The van der Waals surface area contributed by atoms with Gasteiger partial charge in [0.15, 0.2) is 0 Å². The fourth-order valence-corrected chi connectivity index (χ4v) is 6.76. The monoisotopic (exact) mass is 685 g/mol. The largest absolute Gasteiger partial charge is 0.354 e. The SMILES string of the molecule is CCCCNC(=O)C(Cc1ccccc1)N(Cc1ccc(Cl)cc1)C(=O)CN(c1cc(Cl)ccc1Cl)S(=O)(=O)c1ccccc1. The van der Waals surface area contributed by atoms with Crippen molar-refractivity contribution in [3.63, 3.8) is 0 Å². The van der Waals surface area contributed by atoms with Crippen molar-refractivity contribution in [3.8, 4) is 0 Å². The maximum Gasteiger partial charge on any atom is 0.264 e. The number of sulfonamides is 1. The van der Waals surface area contributed by atoms with Crippen molar-refractivity contribution in [1.29, 1.82) is 0 Å².